The topological polar surface area (TPSA) is 38.0 Å². The van der Waals surface area contributed by atoms with Gasteiger partial charge in [0.2, 0.25) is 0 Å². The van der Waals surface area contributed by atoms with Gasteiger partial charge in [0, 0.05) is 6.04 Å². The van der Waals surface area contributed by atoms with E-state index in [9.17, 15) is 0 Å². The molecular formula is C11H26N2. The molecule has 80 valence electrons. The van der Waals surface area contributed by atoms with Crippen molar-refractivity contribution in [3.63, 3.8) is 0 Å². The lowest BCUT2D eigenvalue weighted by molar-refractivity contribution is 0.524. The van der Waals surface area contributed by atoms with E-state index in [0.717, 1.165) is 13.0 Å². The lowest BCUT2D eigenvalue weighted by atomic mass is 10.1. The standard InChI is InChI=1S/C11H26N2/c1-3-11(12)9-7-5-4-6-8-10-13-2/h11,13H,3-10,12H2,1-2H3/t11-/m0/s1. The fraction of sp³-hybridized carbons (Fsp3) is 1.00. The van der Waals surface area contributed by atoms with E-state index < -0.39 is 0 Å². The molecule has 2 heteroatoms. The zero-order chi connectivity index (χ0) is 9.94. The van der Waals surface area contributed by atoms with Crippen LogP contribution < -0.4 is 11.1 Å². The SMILES string of the molecule is CC[C@H](N)CCCCCCCNC. The van der Waals surface area contributed by atoms with Crippen LogP contribution in [-0.2, 0) is 0 Å². The van der Waals surface area contributed by atoms with E-state index in [2.05, 4.69) is 12.2 Å². The maximum atomic E-state index is 5.83. The molecule has 0 bridgehead atoms. The lowest BCUT2D eigenvalue weighted by Gasteiger charge is -2.07. The Morgan fingerprint density at radius 2 is 1.69 bits per heavy atom. The average molecular weight is 186 g/mol. The fourth-order valence-corrected chi connectivity index (χ4v) is 1.44. The molecule has 0 saturated heterocycles. The van der Waals surface area contributed by atoms with Crippen molar-refractivity contribution in [2.45, 2.75) is 57.9 Å². The number of nitrogens with two attached hydrogens (primary N) is 1. The summed E-state index contributed by atoms with van der Waals surface area (Å²) in [6.45, 7) is 3.33. The first-order valence-corrected chi connectivity index (χ1v) is 5.71. The Morgan fingerprint density at radius 1 is 1.08 bits per heavy atom. The predicted molar refractivity (Wildman–Crippen MR) is 59.9 cm³/mol. The zero-order valence-electron chi connectivity index (χ0n) is 9.31. The maximum Gasteiger partial charge on any atom is 0.00362 e. The van der Waals surface area contributed by atoms with E-state index in [0.29, 0.717) is 6.04 Å². The average Bonchev–Trinajstić information content (AvgIpc) is 2.16. The van der Waals surface area contributed by atoms with Crippen molar-refractivity contribution in [2.75, 3.05) is 13.6 Å². The van der Waals surface area contributed by atoms with Crippen LogP contribution in [0.25, 0.3) is 0 Å². The van der Waals surface area contributed by atoms with Crippen molar-refractivity contribution in [3.05, 3.63) is 0 Å². The Hall–Kier alpha value is -0.0800. The van der Waals surface area contributed by atoms with E-state index in [1.54, 1.807) is 0 Å². The highest BCUT2D eigenvalue weighted by molar-refractivity contribution is 4.58. The van der Waals surface area contributed by atoms with Crippen LogP contribution in [0, 0.1) is 0 Å². The predicted octanol–water partition coefficient (Wildman–Crippen LogP) is 2.28. The Balaban J connectivity index is 2.91. The van der Waals surface area contributed by atoms with E-state index in [1.165, 1.54) is 38.5 Å². The van der Waals surface area contributed by atoms with Gasteiger partial charge >= 0.3 is 0 Å². The first-order chi connectivity index (χ1) is 6.31. The van der Waals surface area contributed by atoms with Crippen LogP contribution in [0.2, 0.25) is 0 Å². The van der Waals surface area contributed by atoms with Gasteiger partial charge in [0.25, 0.3) is 0 Å². The van der Waals surface area contributed by atoms with E-state index in [-0.39, 0.29) is 0 Å². The summed E-state index contributed by atoms with van der Waals surface area (Å²) in [5.41, 5.74) is 5.83. The molecule has 0 radical (unpaired) electrons. The minimum Gasteiger partial charge on any atom is -0.328 e. The molecule has 13 heavy (non-hydrogen) atoms. The summed E-state index contributed by atoms with van der Waals surface area (Å²) in [4.78, 5) is 0. The van der Waals surface area contributed by atoms with Crippen molar-refractivity contribution in [1.82, 2.24) is 5.32 Å². The molecule has 0 saturated carbocycles. The summed E-state index contributed by atoms with van der Waals surface area (Å²) >= 11 is 0. The molecule has 0 rings (SSSR count). The Labute approximate surface area is 83.3 Å². The highest BCUT2D eigenvalue weighted by Crippen LogP contribution is 2.07. The monoisotopic (exact) mass is 186 g/mol. The van der Waals surface area contributed by atoms with Crippen molar-refractivity contribution < 1.29 is 0 Å². The third-order valence-corrected chi connectivity index (χ3v) is 2.53. The third kappa shape index (κ3) is 9.84. The number of rotatable bonds is 9. The Bertz CT molecular complexity index is 94.1. The molecule has 0 aromatic rings. The largest absolute Gasteiger partial charge is 0.328 e. The van der Waals surface area contributed by atoms with Crippen LogP contribution in [0.3, 0.4) is 0 Å². The van der Waals surface area contributed by atoms with E-state index >= 15 is 0 Å². The van der Waals surface area contributed by atoms with Gasteiger partial charge in [-0.05, 0) is 32.9 Å². The van der Waals surface area contributed by atoms with Gasteiger partial charge in [-0.1, -0.05) is 32.6 Å². The minimum absolute atomic E-state index is 0.442. The Kier molecular flexibility index (Phi) is 9.94. The number of nitrogens with one attached hydrogen (secondary N) is 1. The smallest absolute Gasteiger partial charge is 0.00362 e. The quantitative estimate of drug-likeness (QED) is 0.542. The molecule has 3 N–H and O–H groups in total. The third-order valence-electron chi connectivity index (χ3n) is 2.53. The summed E-state index contributed by atoms with van der Waals surface area (Å²) in [6.07, 6.45) is 9.06. The summed E-state index contributed by atoms with van der Waals surface area (Å²) in [6, 6.07) is 0.442. The van der Waals surface area contributed by atoms with Gasteiger partial charge < -0.3 is 11.1 Å². The minimum atomic E-state index is 0.442. The number of unbranched alkanes of at least 4 members (excludes halogenated alkanes) is 4. The molecule has 0 amide bonds. The molecular weight excluding hydrogens is 160 g/mol. The molecule has 0 fully saturated rings. The second-order valence-corrected chi connectivity index (χ2v) is 3.83. The first kappa shape index (κ1) is 12.9. The van der Waals surface area contributed by atoms with Crippen molar-refractivity contribution >= 4 is 0 Å². The molecule has 2 nitrogen and oxygen atoms in total. The lowest BCUT2D eigenvalue weighted by Crippen LogP contribution is -2.17. The van der Waals surface area contributed by atoms with Crippen molar-refractivity contribution in [2.24, 2.45) is 5.73 Å². The number of hydrogen-bond acceptors (Lipinski definition) is 2. The van der Waals surface area contributed by atoms with Crippen LogP contribution in [0.4, 0.5) is 0 Å². The molecule has 0 unspecified atom stereocenters. The van der Waals surface area contributed by atoms with Crippen molar-refractivity contribution in [3.8, 4) is 0 Å². The number of hydrogen-bond donors (Lipinski definition) is 2. The zero-order valence-corrected chi connectivity index (χ0v) is 9.31. The molecule has 0 aliphatic carbocycles. The molecule has 0 aromatic heterocycles. The molecule has 0 aliphatic rings. The van der Waals surface area contributed by atoms with Gasteiger partial charge in [-0.3, -0.25) is 0 Å². The van der Waals surface area contributed by atoms with Gasteiger partial charge in [0.1, 0.15) is 0 Å². The Morgan fingerprint density at radius 3 is 2.31 bits per heavy atom. The van der Waals surface area contributed by atoms with Gasteiger partial charge in [-0.2, -0.15) is 0 Å². The first-order valence-electron chi connectivity index (χ1n) is 5.71. The highest BCUT2D eigenvalue weighted by Gasteiger charge is 1.97. The summed E-state index contributed by atoms with van der Waals surface area (Å²) < 4.78 is 0. The summed E-state index contributed by atoms with van der Waals surface area (Å²) in [5.74, 6) is 0. The van der Waals surface area contributed by atoms with Crippen LogP contribution in [0.1, 0.15) is 51.9 Å². The van der Waals surface area contributed by atoms with Crippen molar-refractivity contribution in [1.29, 1.82) is 0 Å². The van der Waals surface area contributed by atoms with Crippen LogP contribution >= 0.6 is 0 Å². The normalized spacial score (nSPS) is 13.2. The van der Waals surface area contributed by atoms with E-state index in [4.69, 9.17) is 5.73 Å². The van der Waals surface area contributed by atoms with E-state index in [1.807, 2.05) is 7.05 Å². The molecule has 0 aromatic carbocycles. The van der Waals surface area contributed by atoms with Crippen LogP contribution in [0.15, 0.2) is 0 Å². The van der Waals surface area contributed by atoms with Crippen LogP contribution in [0.5, 0.6) is 0 Å². The molecule has 0 heterocycles. The second-order valence-electron chi connectivity index (χ2n) is 3.83. The highest BCUT2D eigenvalue weighted by atomic mass is 14.8. The van der Waals surface area contributed by atoms with Gasteiger partial charge in [-0.15, -0.1) is 0 Å². The maximum absolute atomic E-state index is 5.83. The molecule has 0 aliphatic heterocycles. The van der Waals surface area contributed by atoms with Crippen LogP contribution in [-0.4, -0.2) is 19.6 Å². The summed E-state index contributed by atoms with van der Waals surface area (Å²) in [7, 11) is 2.01. The molecule has 0 spiro atoms. The van der Waals surface area contributed by atoms with Gasteiger partial charge in [0.15, 0.2) is 0 Å². The molecule has 1 atom stereocenters. The fourth-order valence-electron chi connectivity index (χ4n) is 1.44. The van der Waals surface area contributed by atoms with Gasteiger partial charge in [-0.25, -0.2) is 0 Å². The van der Waals surface area contributed by atoms with Gasteiger partial charge in [0.05, 0.1) is 0 Å². The second kappa shape index (κ2) is 10.0. The summed E-state index contributed by atoms with van der Waals surface area (Å²) in [5, 5.41) is 3.17.